The smallest absolute Gasteiger partial charge is 0.150 e. The van der Waals surface area contributed by atoms with Crippen molar-refractivity contribution >= 4 is 17.1 Å². The average Bonchev–Trinajstić information content (AvgIpc) is 2.28. The molecular weight excluding hydrogens is 212 g/mol. The maximum atomic E-state index is 11.1. The lowest BCUT2D eigenvalue weighted by Crippen LogP contribution is -2.12. The van der Waals surface area contributed by atoms with E-state index in [1.165, 1.54) is 0 Å². The van der Waals surface area contributed by atoms with E-state index in [1.807, 2.05) is 45.0 Å². The Hall–Kier alpha value is -1.83. The van der Waals surface area contributed by atoms with E-state index in [0.29, 0.717) is 5.56 Å². The monoisotopic (exact) mass is 228 g/mol. The Morgan fingerprint density at radius 1 is 1.12 bits per heavy atom. The first-order valence-electron chi connectivity index (χ1n) is 5.65. The van der Waals surface area contributed by atoms with Crippen LogP contribution in [0, 0.1) is 0 Å². The molecule has 0 unspecified atom stereocenters. The lowest BCUT2D eigenvalue weighted by atomic mass is 9.83. The average molecular weight is 228 g/mol. The van der Waals surface area contributed by atoms with Gasteiger partial charge in [-0.1, -0.05) is 45.0 Å². The highest BCUT2D eigenvalue weighted by Crippen LogP contribution is 2.37. The number of hydrogen-bond donors (Lipinski definition) is 1. The van der Waals surface area contributed by atoms with Crippen molar-refractivity contribution in [1.82, 2.24) is 0 Å². The normalized spacial score (nSPS) is 11.7. The number of aromatic hydroxyl groups is 1. The van der Waals surface area contributed by atoms with Gasteiger partial charge in [-0.05, 0) is 16.9 Å². The number of fused-ring (bicyclic) bond motifs is 1. The summed E-state index contributed by atoms with van der Waals surface area (Å²) in [7, 11) is 0. The van der Waals surface area contributed by atoms with Gasteiger partial charge in [0.25, 0.3) is 0 Å². The predicted octanol–water partition coefficient (Wildman–Crippen LogP) is 3.66. The number of carbonyl (C=O) groups excluding carboxylic acids is 1. The molecule has 2 rings (SSSR count). The summed E-state index contributed by atoms with van der Waals surface area (Å²) < 4.78 is 0. The standard InChI is InChI=1S/C15H16O2/c1-15(2,3)13-8-10(9-16)11-6-4-5-7-12(11)14(13)17/h4-9,17H,1-3H3. The maximum absolute atomic E-state index is 11.1. The lowest BCUT2D eigenvalue weighted by Gasteiger charge is -2.22. The van der Waals surface area contributed by atoms with Crippen LogP contribution >= 0.6 is 0 Å². The summed E-state index contributed by atoms with van der Waals surface area (Å²) >= 11 is 0. The zero-order chi connectivity index (χ0) is 12.6. The molecule has 0 aliphatic heterocycles. The summed E-state index contributed by atoms with van der Waals surface area (Å²) in [5.74, 6) is 0.277. The van der Waals surface area contributed by atoms with Crippen LogP contribution in [0.4, 0.5) is 0 Å². The summed E-state index contributed by atoms with van der Waals surface area (Å²) in [4.78, 5) is 11.1. The van der Waals surface area contributed by atoms with Gasteiger partial charge in [0.2, 0.25) is 0 Å². The summed E-state index contributed by atoms with van der Waals surface area (Å²) in [6.07, 6.45) is 0.844. The fraction of sp³-hybridized carbons (Fsp3) is 0.267. The van der Waals surface area contributed by atoms with Gasteiger partial charge in [0.05, 0.1) is 0 Å². The molecule has 2 aromatic rings. The third-order valence-corrected chi connectivity index (χ3v) is 2.98. The lowest BCUT2D eigenvalue weighted by molar-refractivity contribution is 0.112. The number of rotatable bonds is 1. The summed E-state index contributed by atoms with van der Waals surface area (Å²) in [5, 5.41) is 11.8. The molecule has 0 aliphatic rings. The van der Waals surface area contributed by atoms with Gasteiger partial charge in [0.1, 0.15) is 5.75 Å². The van der Waals surface area contributed by atoms with Crippen LogP contribution in [0.25, 0.3) is 10.8 Å². The van der Waals surface area contributed by atoms with Crippen LogP contribution in [0.15, 0.2) is 30.3 Å². The van der Waals surface area contributed by atoms with Crippen LogP contribution in [0.5, 0.6) is 5.75 Å². The Balaban J connectivity index is 2.90. The highest BCUT2D eigenvalue weighted by atomic mass is 16.3. The fourth-order valence-electron chi connectivity index (χ4n) is 2.06. The molecule has 0 amide bonds. The van der Waals surface area contributed by atoms with Crippen molar-refractivity contribution in [2.45, 2.75) is 26.2 Å². The molecule has 0 radical (unpaired) electrons. The third kappa shape index (κ3) is 1.91. The number of aldehydes is 1. The largest absolute Gasteiger partial charge is 0.507 e. The zero-order valence-corrected chi connectivity index (χ0v) is 10.3. The maximum Gasteiger partial charge on any atom is 0.150 e. The van der Waals surface area contributed by atoms with Crippen molar-refractivity contribution in [1.29, 1.82) is 0 Å². The molecule has 0 saturated carbocycles. The number of carbonyl (C=O) groups is 1. The molecule has 0 aromatic heterocycles. The minimum Gasteiger partial charge on any atom is -0.507 e. The van der Waals surface area contributed by atoms with Gasteiger partial charge in [0, 0.05) is 16.5 Å². The van der Waals surface area contributed by atoms with Crippen molar-refractivity contribution in [3.63, 3.8) is 0 Å². The van der Waals surface area contributed by atoms with E-state index >= 15 is 0 Å². The van der Waals surface area contributed by atoms with Gasteiger partial charge in [-0.2, -0.15) is 0 Å². The second-order valence-corrected chi connectivity index (χ2v) is 5.28. The first kappa shape index (κ1) is 11.6. The van der Waals surface area contributed by atoms with Gasteiger partial charge in [0.15, 0.2) is 6.29 Å². The van der Waals surface area contributed by atoms with Crippen molar-refractivity contribution < 1.29 is 9.90 Å². The summed E-state index contributed by atoms with van der Waals surface area (Å²) in [5.41, 5.74) is 1.24. The third-order valence-electron chi connectivity index (χ3n) is 2.98. The quantitative estimate of drug-likeness (QED) is 0.756. The van der Waals surface area contributed by atoms with Crippen molar-refractivity contribution in [2.75, 3.05) is 0 Å². The van der Waals surface area contributed by atoms with Gasteiger partial charge in [-0.15, -0.1) is 0 Å². The molecule has 0 bridgehead atoms. The molecule has 0 aliphatic carbocycles. The molecule has 17 heavy (non-hydrogen) atoms. The summed E-state index contributed by atoms with van der Waals surface area (Å²) in [6, 6.07) is 9.21. The number of phenolic OH excluding ortho intramolecular Hbond substituents is 1. The van der Waals surface area contributed by atoms with Gasteiger partial charge >= 0.3 is 0 Å². The molecule has 0 saturated heterocycles. The predicted molar refractivity (Wildman–Crippen MR) is 69.7 cm³/mol. The highest BCUT2D eigenvalue weighted by molar-refractivity contribution is 6.01. The van der Waals surface area contributed by atoms with Crippen LogP contribution in [-0.2, 0) is 5.41 Å². The number of benzene rings is 2. The van der Waals surface area contributed by atoms with E-state index in [2.05, 4.69) is 0 Å². The van der Waals surface area contributed by atoms with Crippen molar-refractivity contribution in [3.05, 3.63) is 41.5 Å². The van der Waals surface area contributed by atoms with E-state index in [1.54, 1.807) is 6.07 Å². The van der Waals surface area contributed by atoms with Gasteiger partial charge in [-0.3, -0.25) is 4.79 Å². The fourth-order valence-corrected chi connectivity index (χ4v) is 2.06. The molecule has 1 N–H and O–H groups in total. The van der Waals surface area contributed by atoms with Crippen LogP contribution in [-0.4, -0.2) is 11.4 Å². The number of hydrogen-bond acceptors (Lipinski definition) is 2. The van der Waals surface area contributed by atoms with Crippen LogP contribution < -0.4 is 0 Å². The SMILES string of the molecule is CC(C)(C)c1cc(C=O)c2ccccc2c1O. The van der Waals surface area contributed by atoms with E-state index in [4.69, 9.17) is 0 Å². The van der Waals surface area contributed by atoms with Crippen LogP contribution in [0.1, 0.15) is 36.7 Å². The second kappa shape index (κ2) is 3.88. The van der Waals surface area contributed by atoms with E-state index < -0.39 is 0 Å². The van der Waals surface area contributed by atoms with Crippen LogP contribution in [0.3, 0.4) is 0 Å². The van der Waals surface area contributed by atoms with E-state index in [9.17, 15) is 9.90 Å². The second-order valence-electron chi connectivity index (χ2n) is 5.28. The van der Waals surface area contributed by atoms with E-state index in [-0.39, 0.29) is 11.2 Å². The van der Waals surface area contributed by atoms with Gasteiger partial charge in [-0.25, -0.2) is 0 Å². The first-order valence-corrected chi connectivity index (χ1v) is 5.65. The molecule has 0 fully saturated rings. The summed E-state index contributed by atoms with van der Waals surface area (Å²) in [6.45, 7) is 6.06. The molecule has 88 valence electrons. The minimum absolute atomic E-state index is 0.189. The van der Waals surface area contributed by atoms with Crippen molar-refractivity contribution in [2.24, 2.45) is 0 Å². The Bertz CT molecular complexity index is 577. The molecule has 0 atom stereocenters. The van der Waals surface area contributed by atoms with E-state index in [0.717, 1.165) is 22.6 Å². The molecule has 2 nitrogen and oxygen atoms in total. The molecule has 0 spiro atoms. The Labute approximate surface area is 101 Å². The topological polar surface area (TPSA) is 37.3 Å². The molecular formula is C15H16O2. The number of phenols is 1. The molecule has 2 aromatic carbocycles. The molecule has 2 heteroatoms. The van der Waals surface area contributed by atoms with Gasteiger partial charge < -0.3 is 5.11 Å². The first-order chi connectivity index (χ1) is 7.95. The zero-order valence-electron chi connectivity index (χ0n) is 10.3. The minimum atomic E-state index is -0.189. The van der Waals surface area contributed by atoms with Crippen molar-refractivity contribution in [3.8, 4) is 5.75 Å². The highest BCUT2D eigenvalue weighted by Gasteiger charge is 2.21. The molecule has 0 heterocycles. The Morgan fingerprint density at radius 3 is 2.24 bits per heavy atom. The van der Waals surface area contributed by atoms with Crippen LogP contribution in [0.2, 0.25) is 0 Å². The Kier molecular flexibility index (Phi) is 2.66. The Morgan fingerprint density at radius 2 is 1.71 bits per heavy atom.